The third-order valence-electron chi connectivity index (χ3n) is 5.08. The highest BCUT2D eigenvalue weighted by Crippen LogP contribution is 2.32. The van der Waals surface area contributed by atoms with E-state index in [2.05, 4.69) is 18.9 Å². The predicted octanol–water partition coefficient (Wildman–Crippen LogP) is 2.62. The highest BCUT2D eigenvalue weighted by molar-refractivity contribution is 5.81. The molecule has 1 N–H and O–H groups in total. The number of ketones is 1. The van der Waals surface area contributed by atoms with Crippen molar-refractivity contribution < 1.29 is 9.90 Å². The number of hydrogen-bond donors (Lipinski definition) is 1. The first-order chi connectivity index (χ1) is 9.02. The lowest BCUT2D eigenvalue weighted by Crippen LogP contribution is -2.43. The Kier molecular flexibility index (Phi) is 5.02. The van der Waals surface area contributed by atoms with Gasteiger partial charge in [-0.3, -0.25) is 4.79 Å². The quantitative estimate of drug-likeness (QED) is 0.832. The van der Waals surface area contributed by atoms with Crippen LogP contribution < -0.4 is 0 Å². The van der Waals surface area contributed by atoms with Crippen molar-refractivity contribution in [1.29, 1.82) is 0 Å². The summed E-state index contributed by atoms with van der Waals surface area (Å²) in [7, 11) is 2.05. The maximum Gasteiger partial charge on any atom is 0.137 e. The summed E-state index contributed by atoms with van der Waals surface area (Å²) in [6.07, 6.45) is 8.23. The van der Waals surface area contributed by atoms with Crippen LogP contribution in [-0.4, -0.2) is 41.5 Å². The van der Waals surface area contributed by atoms with Crippen molar-refractivity contribution in [3.63, 3.8) is 0 Å². The minimum absolute atomic E-state index is 0.203. The molecule has 0 spiro atoms. The van der Waals surface area contributed by atoms with Gasteiger partial charge in [-0.05, 0) is 38.6 Å². The van der Waals surface area contributed by atoms with Gasteiger partial charge in [0.1, 0.15) is 5.78 Å². The van der Waals surface area contributed by atoms with Crippen LogP contribution in [0.15, 0.2) is 0 Å². The number of carbonyl (C=O) groups is 1. The molecule has 0 aromatic carbocycles. The topological polar surface area (TPSA) is 40.5 Å². The van der Waals surface area contributed by atoms with E-state index in [1.165, 1.54) is 6.42 Å². The second-order valence-electron chi connectivity index (χ2n) is 6.84. The molecule has 0 bridgehead atoms. The largest absolute Gasteiger partial charge is 0.389 e. The van der Waals surface area contributed by atoms with Crippen LogP contribution in [-0.2, 0) is 4.79 Å². The van der Waals surface area contributed by atoms with Crippen molar-refractivity contribution in [3.8, 4) is 0 Å². The van der Waals surface area contributed by atoms with Crippen LogP contribution in [0.1, 0.15) is 58.3 Å². The minimum Gasteiger partial charge on any atom is -0.389 e. The molecular weight excluding hydrogens is 238 g/mol. The van der Waals surface area contributed by atoms with E-state index in [4.69, 9.17) is 0 Å². The average molecular weight is 267 g/mol. The maximum atomic E-state index is 12.0. The van der Waals surface area contributed by atoms with Crippen molar-refractivity contribution in [2.45, 2.75) is 63.9 Å². The van der Waals surface area contributed by atoms with Crippen molar-refractivity contribution in [3.05, 3.63) is 0 Å². The molecule has 3 heteroatoms. The Morgan fingerprint density at radius 3 is 2.68 bits per heavy atom. The number of aliphatic hydroxyl groups is 1. The molecule has 2 aliphatic rings. The molecule has 0 aliphatic heterocycles. The predicted molar refractivity (Wildman–Crippen MR) is 77.0 cm³/mol. The summed E-state index contributed by atoms with van der Waals surface area (Å²) in [4.78, 5) is 14.2. The second-order valence-corrected chi connectivity index (χ2v) is 6.84. The third kappa shape index (κ3) is 4.03. The summed E-state index contributed by atoms with van der Waals surface area (Å²) in [6.45, 7) is 3.79. The lowest BCUT2D eigenvalue weighted by Gasteiger charge is -2.33. The minimum atomic E-state index is -0.489. The van der Waals surface area contributed by atoms with Gasteiger partial charge in [0, 0.05) is 25.4 Å². The van der Waals surface area contributed by atoms with E-state index in [1.54, 1.807) is 0 Å². The number of Topliss-reactive ketones (excluding diaryl/α,β-unsaturated/α-hetero) is 1. The van der Waals surface area contributed by atoms with Crippen LogP contribution in [0.4, 0.5) is 0 Å². The fraction of sp³-hybridized carbons (Fsp3) is 0.938. The first kappa shape index (κ1) is 15.0. The van der Waals surface area contributed by atoms with Crippen molar-refractivity contribution in [1.82, 2.24) is 4.90 Å². The SMILES string of the molecule is CCC1CCC(=O)C(CN(C)CC2(O)CCCC2)C1. The van der Waals surface area contributed by atoms with Gasteiger partial charge in [-0.1, -0.05) is 26.2 Å². The molecular formula is C16H29NO2. The van der Waals surface area contributed by atoms with E-state index in [0.29, 0.717) is 5.78 Å². The molecule has 2 rings (SSSR count). The lowest BCUT2D eigenvalue weighted by molar-refractivity contribution is -0.126. The van der Waals surface area contributed by atoms with E-state index in [0.717, 1.165) is 64.0 Å². The van der Waals surface area contributed by atoms with Gasteiger partial charge in [0.2, 0.25) is 0 Å². The normalized spacial score (nSPS) is 31.1. The van der Waals surface area contributed by atoms with Crippen molar-refractivity contribution in [2.24, 2.45) is 11.8 Å². The van der Waals surface area contributed by atoms with Crippen LogP contribution in [0, 0.1) is 11.8 Å². The first-order valence-corrected chi connectivity index (χ1v) is 7.96. The number of rotatable bonds is 5. The molecule has 2 atom stereocenters. The fourth-order valence-corrected chi connectivity index (χ4v) is 3.88. The molecule has 2 saturated carbocycles. The highest BCUT2D eigenvalue weighted by Gasteiger charge is 2.34. The summed E-state index contributed by atoms with van der Waals surface area (Å²) in [5.41, 5.74) is -0.489. The Morgan fingerprint density at radius 1 is 1.37 bits per heavy atom. The van der Waals surface area contributed by atoms with Crippen LogP contribution in [0.2, 0.25) is 0 Å². The van der Waals surface area contributed by atoms with Crippen LogP contribution in [0.25, 0.3) is 0 Å². The molecule has 19 heavy (non-hydrogen) atoms. The van der Waals surface area contributed by atoms with Crippen LogP contribution in [0.5, 0.6) is 0 Å². The standard InChI is InChI=1S/C16H29NO2/c1-3-13-6-7-15(18)14(10-13)11-17(2)12-16(19)8-4-5-9-16/h13-14,19H,3-12H2,1-2H3. The maximum absolute atomic E-state index is 12.0. The molecule has 2 aliphatic carbocycles. The number of nitrogens with zero attached hydrogens (tertiary/aromatic N) is 1. The molecule has 0 aromatic heterocycles. The van der Waals surface area contributed by atoms with E-state index in [9.17, 15) is 9.90 Å². The Balaban J connectivity index is 1.83. The molecule has 0 aromatic rings. The molecule has 2 unspecified atom stereocenters. The molecule has 3 nitrogen and oxygen atoms in total. The van der Waals surface area contributed by atoms with E-state index in [-0.39, 0.29) is 5.92 Å². The smallest absolute Gasteiger partial charge is 0.137 e. The molecule has 2 fully saturated rings. The Morgan fingerprint density at radius 2 is 2.05 bits per heavy atom. The number of likely N-dealkylation sites (N-methyl/N-ethyl adjacent to an activating group) is 1. The zero-order valence-electron chi connectivity index (χ0n) is 12.5. The van der Waals surface area contributed by atoms with Crippen LogP contribution >= 0.6 is 0 Å². The van der Waals surface area contributed by atoms with Gasteiger partial charge in [-0.15, -0.1) is 0 Å². The van der Waals surface area contributed by atoms with Gasteiger partial charge >= 0.3 is 0 Å². The summed E-state index contributed by atoms with van der Waals surface area (Å²) in [5, 5.41) is 10.4. The Bertz CT molecular complexity index is 310. The summed E-state index contributed by atoms with van der Waals surface area (Å²) in [6, 6.07) is 0. The summed E-state index contributed by atoms with van der Waals surface area (Å²) >= 11 is 0. The zero-order chi connectivity index (χ0) is 13.9. The fourth-order valence-electron chi connectivity index (χ4n) is 3.88. The molecule has 0 amide bonds. The highest BCUT2D eigenvalue weighted by atomic mass is 16.3. The zero-order valence-corrected chi connectivity index (χ0v) is 12.5. The van der Waals surface area contributed by atoms with E-state index in [1.807, 2.05) is 0 Å². The van der Waals surface area contributed by atoms with Gasteiger partial charge in [0.05, 0.1) is 5.60 Å². The van der Waals surface area contributed by atoms with E-state index < -0.39 is 5.60 Å². The Hall–Kier alpha value is -0.410. The third-order valence-corrected chi connectivity index (χ3v) is 5.08. The second kappa shape index (κ2) is 6.36. The van der Waals surface area contributed by atoms with Gasteiger partial charge in [-0.2, -0.15) is 0 Å². The molecule has 0 heterocycles. The van der Waals surface area contributed by atoms with Crippen molar-refractivity contribution in [2.75, 3.05) is 20.1 Å². The summed E-state index contributed by atoms with van der Waals surface area (Å²) in [5.74, 6) is 1.37. The first-order valence-electron chi connectivity index (χ1n) is 7.96. The average Bonchev–Trinajstić information content (AvgIpc) is 2.78. The van der Waals surface area contributed by atoms with Crippen molar-refractivity contribution >= 4 is 5.78 Å². The summed E-state index contributed by atoms with van der Waals surface area (Å²) < 4.78 is 0. The van der Waals surface area contributed by atoms with Crippen LogP contribution in [0.3, 0.4) is 0 Å². The molecule has 0 saturated heterocycles. The van der Waals surface area contributed by atoms with Gasteiger partial charge in [-0.25, -0.2) is 0 Å². The number of carbonyl (C=O) groups excluding carboxylic acids is 1. The number of hydrogen-bond acceptors (Lipinski definition) is 3. The lowest BCUT2D eigenvalue weighted by atomic mass is 9.79. The van der Waals surface area contributed by atoms with Gasteiger partial charge < -0.3 is 10.0 Å². The van der Waals surface area contributed by atoms with Gasteiger partial charge in [0.25, 0.3) is 0 Å². The van der Waals surface area contributed by atoms with Gasteiger partial charge in [0.15, 0.2) is 0 Å². The Labute approximate surface area is 117 Å². The van der Waals surface area contributed by atoms with E-state index >= 15 is 0 Å². The molecule has 110 valence electrons. The monoisotopic (exact) mass is 267 g/mol. The molecule has 0 radical (unpaired) electrons.